The quantitative estimate of drug-likeness (QED) is 0.648. The number of hydrogen-bond acceptors (Lipinski definition) is 5. The van der Waals surface area contributed by atoms with Gasteiger partial charge in [0.1, 0.15) is 0 Å². The smallest absolute Gasteiger partial charge is 0.180 e. The van der Waals surface area contributed by atoms with Crippen molar-refractivity contribution in [3.8, 4) is 0 Å². The van der Waals surface area contributed by atoms with Crippen LogP contribution in [0.15, 0.2) is 18.6 Å². The molecule has 0 spiro atoms. The molecule has 19 heavy (non-hydrogen) atoms. The molecule has 1 aliphatic rings. The highest BCUT2D eigenvalue weighted by molar-refractivity contribution is 5.66. The number of nitrogen functional groups attached to an aromatic ring is 1. The van der Waals surface area contributed by atoms with Crippen molar-refractivity contribution in [3.05, 3.63) is 18.6 Å². The van der Waals surface area contributed by atoms with Gasteiger partial charge in [0.05, 0.1) is 6.20 Å². The van der Waals surface area contributed by atoms with E-state index in [1.54, 1.807) is 6.20 Å². The Hall–Kier alpha value is -1.82. The lowest BCUT2D eigenvalue weighted by molar-refractivity contribution is 0.394. The van der Waals surface area contributed by atoms with Gasteiger partial charge >= 0.3 is 0 Å². The lowest BCUT2D eigenvalue weighted by Gasteiger charge is -2.32. The highest BCUT2D eigenvalue weighted by atomic mass is 15.3. The Morgan fingerprint density at radius 2 is 2.21 bits per heavy atom. The van der Waals surface area contributed by atoms with Crippen LogP contribution in [-0.4, -0.2) is 27.5 Å². The van der Waals surface area contributed by atoms with Crippen LogP contribution in [0.4, 0.5) is 11.6 Å². The molecule has 0 aromatic carbocycles. The van der Waals surface area contributed by atoms with E-state index in [1.165, 1.54) is 19.3 Å². The Kier molecular flexibility index (Phi) is 3.25. The van der Waals surface area contributed by atoms with E-state index in [-0.39, 0.29) is 0 Å². The largest absolute Gasteiger partial charge is 0.353 e. The highest BCUT2D eigenvalue weighted by Gasteiger charge is 2.21. The number of imidazole rings is 1. The predicted molar refractivity (Wildman–Crippen MR) is 76.0 cm³/mol. The number of hydrogen-bond donors (Lipinski definition) is 2. The van der Waals surface area contributed by atoms with Crippen molar-refractivity contribution in [2.24, 2.45) is 11.8 Å². The van der Waals surface area contributed by atoms with Gasteiger partial charge in [0.2, 0.25) is 0 Å². The van der Waals surface area contributed by atoms with Crippen LogP contribution >= 0.6 is 0 Å². The average Bonchev–Trinajstić information content (AvgIpc) is 2.94. The second kappa shape index (κ2) is 5.05. The number of aromatic nitrogens is 3. The maximum absolute atomic E-state index is 5.49. The molecule has 3 N–H and O–H groups in total. The summed E-state index contributed by atoms with van der Waals surface area (Å²) in [6, 6.07) is 0. The van der Waals surface area contributed by atoms with Gasteiger partial charge in [0, 0.05) is 25.5 Å². The summed E-state index contributed by atoms with van der Waals surface area (Å²) < 4.78 is 1.96. The van der Waals surface area contributed by atoms with Crippen LogP contribution in [0.5, 0.6) is 0 Å². The van der Waals surface area contributed by atoms with Crippen LogP contribution in [-0.2, 0) is 0 Å². The number of hydrazine groups is 1. The van der Waals surface area contributed by atoms with E-state index in [1.807, 2.05) is 16.8 Å². The minimum Gasteiger partial charge on any atom is -0.353 e. The molecule has 1 aliphatic heterocycles. The first-order valence-corrected chi connectivity index (χ1v) is 6.87. The second-order valence-corrected chi connectivity index (χ2v) is 5.09. The molecule has 0 radical (unpaired) electrons. The van der Waals surface area contributed by atoms with E-state index in [9.17, 15) is 0 Å². The van der Waals surface area contributed by atoms with Crippen molar-refractivity contribution in [3.63, 3.8) is 0 Å². The summed E-state index contributed by atoms with van der Waals surface area (Å²) in [5, 5.41) is 0. The van der Waals surface area contributed by atoms with Crippen molar-refractivity contribution in [1.29, 1.82) is 0 Å². The molecule has 102 valence electrons. The van der Waals surface area contributed by atoms with Crippen LogP contribution in [0.2, 0.25) is 0 Å². The summed E-state index contributed by atoms with van der Waals surface area (Å²) >= 11 is 0. The minimum absolute atomic E-state index is 0.665. The lowest BCUT2D eigenvalue weighted by Crippen LogP contribution is -2.34. The van der Waals surface area contributed by atoms with E-state index in [0.717, 1.165) is 30.5 Å². The van der Waals surface area contributed by atoms with Gasteiger partial charge in [0.15, 0.2) is 17.3 Å². The average molecular weight is 260 g/mol. The van der Waals surface area contributed by atoms with E-state index in [0.29, 0.717) is 5.82 Å². The van der Waals surface area contributed by atoms with Crippen LogP contribution in [0.1, 0.15) is 26.2 Å². The third kappa shape index (κ3) is 2.23. The van der Waals surface area contributed by atoms with Crippen LogP contribution in [0.25, 0.3) is 5.65 Å². The van der Waals surface area contributed by atoms with Crippen LogP contribution in [0, 0.1) is 5.92 Å². The Morgan fingerprint density at radius 3 is 2.89 bits per heavy atom. The number of piperidine rings is 1. The topological polar surface area (TPSA) is 71.5 Å². The van der Waals surface area contributed by atoms with E-state index < -0.39 is 0 Å². The summed E-state index contributed by atoms with van der Waals surface area (Å²) in [6.45, 7) is 4.36. The highest BCUT2D eigenvalue weighted by Crippen LogP contribution is 2.27. The summed E-state index contributed by atoms with van der Waals surface area (Å²) in [4.78, 5) is 11.3. The zero-order valence-electron chi connectivity index (χ0n) is 11.2. The molecule has 2 aromatic rings. The van der Waals surface area contributed by atoms with Crippen molar-refractivity contribution >= 4 is 17.3 Å². The van der Waals surface area contributed by atoms with Gasteiger partial charge in [-0.3, -0.25) is 0 Å². The molecule has 0 saturated carbocycles. The summed E-state index contributed by atoms with van der Waals surface area (Å²) in [7, 11) is 0. The molecule has 3 rings (SSSR count). The Labute approximate surface area is 112 Å². The molecular formula is C13H20N6. The van der Waals surface area contributed by atoms with Gasteiger partial charge in [-0.1, -0.05) is 13.3 Å². The van der Waals surface area contributed by atoms with Gasteiger partial charge in [-0.15, -0.1) is 0 Å². The standard InChI is InChI=1S/C13H20N6/c1-2-10-3-6-18(7-4-10)13-12-15-5-8-19(12)9-11(16-13)17-14/h5,8-10,17H,2-4,6-7,14H2,1H3. The van der Waals surface area contributed by atoms with Gasteiger partial charge in [-0.2, -0.15) is 0 Å². The second-order valence-electron chi connectivity index (χ2n) is 5.09. The fraction of sp³-hybridized carbons (Fsp3) is 0.538. The third-order valence-electron chi connectivity index (χ3n) is 4.00. The van der Waals surface area contributed by atoms with Crippen LogP contribution < -0.4 is 16.2 Å². The van der Waals surface area contributed by atoms with Gasteiger partial charge in [-0.25, -0.2) is 15.8 Å². The number of rotatable bonds is 3. The molecule has 0 bridgehead atoms. The zero-order valence-corrected chi connectivity index (χ0v) is 11.2. The summed E-state index contributed by atoms with van der Waals surface area (Å²) in [5.74, 6) is 7.93. The van der Waals surface area contributed by atoms with Gasteiger partial charge in [0.25, 0.3) is 0 Å². The Balaban J connectivity index is 1.93. The van der Waals surface area contributed by atoms with E-state index >= 15 is 0 Å². The van der Waals surface area contributed by atoms with Gasteiger partial charge in [-0.05, 0) is 18.8 Å². The molecule has 1 fully saturated rings. The summed E-state index contributed by atoms with van der Waals surface area (Å²) in [5.41, 5.74) is 3.52. The molecular weight excluding hydrogens is 240 g/mol. The molecule has 6 nitrogen and oxygen atoms in total. The van der Waals surface area contributed by atoms with E-state index in [2.05, 4.69) is 27.2 Å². The minimum atomic E-state index is 0.665. The maximum atomic E-state index is 5.49. The SMILES string of the molecule is CCC1CCN(c2nc(NN)cn3ccnc23)CC1. The number of nitrogens with zero attached hydrogens (tertiary/aromatic N) is 4. The zero-order chi connectivity index (χ0) is 13.2. The van der Waals surface area contributed by atoms with Crippen LogP contribution in [0.3, 0.4) is 0 Å². The molecule has 2 aromatic heterocycles. The first kappa shape index (κ1) is 12.2. The number of fused-ring (bicyclic) bond motifs is 1. The van der Waals surface area contributed by atoms with Crippen molar-refractivity contribution < 1.29 is 0 Å². The van der Waals surface area contributed by atoms with Gasteiger partial charge < -0.3 is 14.7 Å². The Bertz CT molecular complexity index is 555. The summed E-state index contributed by atoms with van der Waals surface area (Å²) in [6.07, 6.45) is 9.28. The van der Waals surface area contributed by atoms with Crippen molar-refractivity contribution in [2.75, 3.05) is 23.4 Å². The number of nitrogens with two attached hydrogens (primary N) is 1. The molecule has 1 saturated heterocycles. The number of anilines is 2. The molecule has 0 atom stereocenters. The third-order valence-corrected chi connectivity index (χ3v) is 4.00. The monoisotopic (exact) mass is 260 g/mol. The normalized spacial score (nSPS) is 17.1. The molecule has 3 heterocycles. The maximum Gasteiger partial charge on any atom is 0.180 e. The fourth-order valence-corrected chi connectivity index (χ4v) is 2.75. The molecule has 0 amide bonds. The van der Waals surface area contributed by atoms with Crippen molar-refractivity contribution in [2.45, 2.75) is 26.2 Å². The van der Waals surface area contributed by atoms with E-state index in [4.69, 9.17) is 5.84 Å². The molecule has 0 aliphatic carbocycles. The fourth-order valence-electron chi connectivity index (χ4n) is 2.75. The molecule has 6 heteroatoms. The first-order valence-electron chi connectivity index (χ1n) is 6.87. The van der Waals surface area contributed by atoms with Crippen molar-refractivity contribution in [1.82, 2.24) is 14.4 Å². The molecule has 0 unspecified atom stereocenters. The Morgan fingerprint density at radius 1 is 1.42 bits per heavy atom. The predicted octanol–water partition coefficient (Wildman–Crippen LogP) is 1.64. The lowest BCUT2D eigenvalue weighted by atomic mass is 9.94. The number of nitrogens with one attached hydrogen (secondary N) is 1. The first-order chi connectivity index (χ1) is 9.31.